The number of para-hydroxylation sites is 1. The summed E-state index contributed by atoms with van der Waals surface area (Å²) in [4.78, 5) is 36.9. The van der Waals surface area contributed by atoms with E-state index in [2.05, 4.69) is 19.2 Å². The van der Waals surface area contributed by atoms with Gasteiger partial charge in [-0.2, -0.15) is 0 Å². The van der Waals surface area contributed by atoms with Crippen LogP contribution < -0.4 is 10.7 Å². The Hall–Kier alpha value is -2.63. The van der Waals surface area contributed by atoms with E-state index in [0.717, 1.165) is 18.9 Å². The molecule has 0 spiro atoms. The van der Waals surface area contributed by atoms with E-state index in [1.54, 1.807) is 24.3 Å². The molecule has 1 amide bonds. The van der Waals surface area contributed by atoms with Crippen LogP contribution in [0.1, 0.15) is 50.6 Å². The molecular formula is C21H25NO5. The van der Waals surface area contributed by atoms with Crippen molar-refractivity contribution < 1.29 is 18.7 Å². The molecule has 3 rings (SSSR count). The number of hydrogen-bond donors (Lipinski definition) is 1. The average molecular weight is 371 g/mol. The molecule has 144 valence electrons. The van der Waals surface area contributed by atoms with Crippen LogP contribution in [0.5, 0.6) is 0 Å². The van der Waals surface area contributed by atoms with Gasteiger partial charge in [-0.15, -0.1) is 0 Å². The molecular weight excluding hydrogens is 346 g/mol. The Bertz CT molecular complexity index is 903. The van der Waals surface area contributed by atoms with Crippen molar-refractivity contribution in [2.24, 2.45) is 11.8 Å². The van der Waals surface area contributed by atoms with Gasteiger partial charge in [-0.05, 0) is 37.3 Å². The van der Waals surface area contributed by atoms with E-state index < -0.39 is 12.1 Å². The van der Waals surface area contributed by atoms with Gasteiger partial charge in [0.2, 0.25) is 5.76 Å². The number of rotatable bonds is 4. The molecule has 1 heterocycles. The summed E-state index contributed by atoms with van der Waals surface area (Å²) < 4.78 is 10.7. The molecule has 0 bridgehead atoms. The lowest BCUT2D eigenvalue weighted by Gasteiger charge is -2.35. The molecule has 0 aliphatic heterocycles. The van der Waals surface area contributed by atoms with Crippen molar-refractivity contribution in [3.63, 3.8) is 0 Å². The van der Waals surface area contributed by atoms with Gasteiger partial charge in [-0.25, -0.2) is 4.79 Å². The number of hydrogen-bond acceptors (Lipinski definition) is 5. The van der Waals surface area contributed by atoms with E-state index in [1.807, 2.05) is 0 Å². The molecule has 1 aliphatic carbocycles. The Morgan fingerprint density at radius 3 is 2.74 bits per heavy atom. The van der Waals surface area contributed by atoms with Crippen LogP contribution in [0.3, 0.4) is 0 Å². The molecule has 1 aromatic heterocycles. The Morgan fingerprint density at radius 1 is 1.22 bits per heavy atom. The van der Waals surface area contributed by atoms with Crippen molar-refractivity contribution in [3.8, 4) is 0 Å². The first-order chi connectivity index (χ1) is 12.9. The zero-order chi connectivity index (χ0) is 19.6. The number of esters is 1. The van der Waals surface area contributed by atoms with Crippen LogP contribution in [-0.2, 0) is 9.53 Å². The quantitative estimate of drug-likeness (QED) is 0.834. The van der Waals surface area contributed by atoms with Crippen LogP contribution in [0.15, 0.2) is 39.5 Å². The van der Waals surface area contributed by atoms with Crippen molar-refractivity contribution in [3.05, 3.63) is 46.3 Å². The largest absolute Gasteiger partial charge is 0.449 e. The van der Waals surface area contributed by atoms with Gasteiger partial charge in [-0.1, -0.05) is 38.8 Å². The van der Waals surface area contributed by atoms with Crippen molar-refractivity contribution in [1.82, 2.24) is 5.32 Å². The minimum atomic E-state index is -0.973. The highest BCUT2D eigenvalue weighted by molar-refractivity contribution is 5.91. The van der Waals surface area contributed by atoms with Crippen LogP contribution >= 0.6 is 0 Å². The lowest BCUT2D eigenvalue weighted by molar-refractivity contribution is -0.130. The molecule has 4 atom stereocenters. The predicted octanol–water partition coefficient (Wildman–Crippen LogP) is 3.28. The van der Waals surface area contributed by atoms with E-state index in [0.29, 0.717) is 22.8 Å². The van der Waals surface area contributed by atoms with E-state index in [-0.39, 0.29) is 23.1 Å². The maximum atomic E-state index is 12.4. The number of amides is 1. The highest BCUT2D eigenvalue weighted by Crippen LogP contribution is 2.29. The lowest BCUT2D eigenvalue weighted by Crippen LogP contribution is -2.47. The topological polar surface area (TPSA) is 85.6 Å². The van der Waals surface area contributed by atoms with Crippen LogP contribution in [0.4, 0.5) is 0 Å². The number of nitrogens with one attached hydrogen (secondary N) is 1. The van der Waals surface area contributed by atoms with Crippen molar-refractivity contribution in [2.75, 3.05) is 0 Å². The van der Waals surface area contributed by atoms with Gasteiger partial charge < -0.3 is 14.5 Å². The molecule has 27 heavy (non-hydrogen) atoms. The smallest absolute Gasteiger partial charge is 0.375 e. The normalized spacial score (nSPS) is 23.6. The molecule has 1 saturated carbocycles. The minimum absolute atomic E-state index is 0.0843. The average Bonchev–Trinajstić information content (AvgIpc) is 2.65. The fraction of sp³-hybridized carbons (Fsp3) is 0.476. The van der Waals surface area contributed by atoms with Crippen LogP contribution in [-0.4, -0.2) is 24.0 Å². The van der Waals surface area contributed by atoms with Crippen molar-refractivity contribution in [2.45, 2.75) is 52.2 Å². The van der Waals surface area contributed by atoms with Crippen LogP contribution in [0, 0.1) is 11.8 Å². The second-order valence-corrected chi connectivity index (χ2v) is 7.40. The van der Waals surface area contributed by atoms with Gasteiger partial charge in [-0.3, -0.25) is 9.59 Å². The number of carbonyl (C=O) groups excluding carboxylic acids is 2. The number of benzene rings is 1. The fourth-order valence-electron chi connectivity index (χ4n) is 3.56. The molecule has 0 saturated heterocycles. The van der Waals surface area contributed by atoms with Crippen LogP contribution in [0.25, 0.3) is 11.0 Å². The Labute approximate surface area is 157 Å². The van der Waals surface area contributed by atoms with Gasteiger partial charge in [0.15, 0.2) is 11.5 Å². The van der Waals surface area contributed by atoms with Crippen LogP contribution in [0.2, 0.25) is 0 Å². The SMILES string of the molecule is C[C@H]1[C@@H](NC(=O)[C@@H](C)OC(=O)c2cc(=O)c3ccccc3o2)CCC[C@@H]1C. The fourth-order valence-corrected chi connectivity index (χ4v) is 3.56. The van der Waals surface area contributed by atoms with Gasteiger partial charge in [0.25, 0.3) is 5.91 Å². The van der Waals surface area contributed by atoms with E-state index >= 15 is 0 Å². The highest BCUT2D eigenvalue weighted by Gasteiger charge is 2.30. The third-order valence-electron chi connectivity index (χ3n) is 5.52. The van der Waals surface area contributed by atoms with Gasteiger partial charge in [0.05, 0.1) is 5.39 Å². The third-order valence-corrected chi connectivity index (χ3v) is 5.52. The predicted molar refractivity (Wildman–Crippen MR) is 101 cm³/mol. The Morgan fingerprint density at radius 2 is 1.96 bits per heavy atom. The van der Waals surface area contributed by atoms with Crippen molar-refractivity contribution >= 4 is 22.8 Å². The summed E-state index contributed by atoms with van der Waals surface area (Å²) in [6, 6.07) is 7.84. The number of ether oxygens (including phenoxy) is 1. The van der Waals surface area contributed by atoms with Gasteiger partial charge in [0, 0.05) is 12.1 Å². The zero-order valence-corrected chi connectivity index (χ0v) is 15.9. The summed E-state index contributed by atoms with van der Waals surface area (Å²) >= 11 is 0. The molecule has 1 N–H and O–H groups in total. The number of carbonyl (C=O) groups is 2. The van der Waals surface area contributed by atoms with E-state index in [9.17, 15) is 14.4 Å². The lowest BCUT2D eigenvalue weighted by atomic mass is 9.78. The zero-order valence-electron chi connectivity index (χ0n) is 15.9. The standard InChI is InChI=1S/C21H25NO5/c1-12-7-6-9-16(13(12)2)22-20(24)14(3)26-21(25)19-11-17(23)15-8-4-5-10-18(15)27-19/h4-5,8,10-14,16H,6-7,9H2,1-3H3,(H,22,24)/t12-,13+,14+,16-/m0/s1. The highest BCUT2D eigenvalue weighted by atomic mass is 16.6. The summed E-state index contributed by atoms with van der Waals surface area (Å²) in [6.45, 7) is 5.84. The first-order valence-corrected chi connectivity index (χ1v) is 9.41. The monoisotopic (exact) mass is 371 g/mol. The molecule has 0 unspecified atom stereocenters. The summed E-state index contributed by atoms with van der Waals surface area (Å²) in [5.41, 5.74) is -0.0232. The number of fused-ring (bicyclic) bond motifs is 1. The molecule has 2 aromatic rings. The maximum absolute atomic E-state index is 12.4. The molecule has 6 heteroatoms. The minimum Gasteiger partial charge on any atom is -0.449 e. The second-order valence-electron chi connectivity index (χ2n) is 7.40. The molecule has 0 radical (unpaired) electrons. The molecule has 1 fully saturated rings. The summed E-state index contributed by atoms with van der Waals surface area (Å²) in [5.74, 6) is -0.445. The molecule has 6 nitrogen and oxygen atoms in total. The van der Waals surface area contributed by atoms with E-state index in [1.165, 1.54) is 13.3 Å². The van der Waals surface area contributed by atoms with Gasteiger partial charge in [0.1, 0.15) is 5.58 Å². The maximum Gasteiger partial charge on any atom is 0.375 e. The van der Waals surface area contributed by atoms with Crippen molar-refractivity contribution in [1.29, 1.82) is 0 Å². The first-order valence-electron chi connectivity index (χ1n) is 9.41. The summed E-state index contributed by atoms with van der Waals surface area (Å²) in [6.07, 6.45) is 2.20. The van der Waals surface area contributed by atoms with Gasteiger partial charge >= 0.3 is 5.97 Å². The third kappa shape index (κ3) is 4.21. The molecule has 1 aromatic carbocycles. The summed E-state index contributed by atoms with van der Waals surface area (Å²) in [7, 11) is 0. The summed E-state index contributed by atoms with van der Waals surface area (Å²) in [5, 5.41) is 3.38. The van der Waals surface area contributed by atoms with E-state index in [4.69, 9.17) is 9.15 Å². The molecule has 1 aliphatic rings. The Kier molecular flexibility index (Phi) is 5.63. The second kappa shape index (κ2) is 7.94. The Balaban J connectivity index is 1.66. The first kappa shape index (κ1) is 19.1.